The van der Waals surface area contributed by atoms with Gasteiger partial charge in [-0.1, -0.05) is 19.1 Å². The van der Waals surface area contributed by atoms with Crippen LogP contribution in [0, 0.1) is 17.2 Å². The van der Waals surface area contributed by atoms with Gasteiger partial charge in [0, 0.05) is 13.2 Å². The summed E-state index contributed by atoms with van der Waals surface area (Å²) in [6.45, 7) is 2.33. The minimum Gasteiger partial charge on any atom is -0.484 e. The van der Waals surface area contributed by atoms with Crippen LogP contribution in [0.25, 0.3) is 0 Å². The summed E-state index contributed by atoms with van der Waals surface area (Å²) in [5, 5.41) is 20.6. The summed E-state index contributed by atoms with van der Waals surface area (Å²) in [6.07, 6.45) is 0. The Balaban J connectivity index is 1.92. The quantitative estimate of drug-likeness (QED) is 0.816. The molecule has 0 fully saturated rings. The Bertz CT molecular complexity index is 703. The molecular weight excluding hydrogens is 296 g/mol. The van der Waals surface area contributed by atoms with Crippen LogP contribution in [0.4, 0.5) is 0 Å². The number of amides is 1. The first-order chi connectivity index (χ1) is 11.1. The van der Waals surface area contributed by atoms with Crippen LogP contribution in [0.5, 0.6) is 5.75 Å². The van der Waals surface area contributed by atoms with Gasteiger partial charge in [0.25, 0.3) is 5.91 Å². The summed E-state index contributed by atoms with van der Waals surface area (Å²) in [5.41, 5.74) is 0.440. The van der Waals surface area contributed by atoms with E-state index in [2.05, 4.69) is 5.32 Å². The lowest BCUT2D eigenvalue weighted by Gasteiger charge is -2.08. The molecule has 6 nitrogen and oxygen atoms in total. The molecule has 2 aromatic rings. The zero-order valence-corrected chi connectivity index (χ0v) is 12.8. The fraction of sp³-hybridized carbons (Fsp3) is 0.294. The van der Waals surface area contributed by atoms with Crippen molar-refractivity contribution in [1.29, 1.82) is 5.26 Å². The van der Waals surface area contributed by atoms with Crippen LogP contribution in [-0.4, -0.2) is 24.2 Å². The summed E-state index contributed by atoms with van der Waals surface area (Å²) in [6, 6.07) is 12.2. The number of hydrogen-bond donors (Lipinski definition) is 2. The highest BCUT2D eigenvalue weighted by molar-refractivity contribution is 5.91. The van der Waals surface area contributed by atoms with Crippen LogP contribution in [-0.2, 0) is 6.61 Å². The van der Waals surface area contributed by atoms with Crippen LogP contribution in [0.2, 0.25) is 0 Å². The van der Waals surface area contributed by atoms with Crippen LogP contribution >= 0.6 is 0 Å². The van der Waals surface area contributed by atoms with Crippen molar-refractivity contribution in [2.24, 2.45) is 5.92 Å². The van der Waals surface area contributed by atoms with E-state index in [4.69, 9.17) is 19.5 Å². The summed E-state index contributed by atoms with van der Waals surface area (Å²) in [4.78, 5) is 11.9. The molecule has 1 aromatic carbocycles. The van der Waals surface area contributed by atoms with E-state index in [1.807, 2.05) is 13.0 Å². The van der Waals surface area contributed by atoms with Crippen molar-refractivity contribution in [1.82, 2.24) is 5.32 Å². The summed E-state index contributed by atoms with van der Waals surface area (Å²) >= 11 is 0. The molecule has 0 spiro atoms. The molecule has 1 atom stereocenters. The number of ether oxygens (including phenoxy) is 1. The monoisotopic (exact) mass is 314 g/mol. The number of para-hydroxylation sites is 1. The normalized spacial score (nSPS) is 11.5. The second-order valence-corrected chi connectivity index (χ2v) is 5.16. The predicted octanol–water partition coefficient (Wildman–Crippen LogP) is 2.09. The second-order valence-electron chi connectivity index (χ2n) is 5.16. The van der Waals surface area contributed by atoms with E-state index in [0.29, 0.717) is 23.6 Å². The highest BCUT2D eigenvalue weighted by Crippen LogP contribution is 2.19. The average molecular weight is 314 g/mol. The zero-order valence-electron chi connectivity index (χ0n) is 12.8. The number of furan rings is 1. The van der Waals surface area contributed by atoms with Crippen LogP contribution in [0.15, 0.2) is 40.8 Å². The molecule has 0 aliphatic rings. The van der Waals surface area contributed by atoms with Gasteiger partial charge in [0.1, 0.15) is 24.2 Å². The number of carbonyl (C=O) groups excluding carboxylic acids is 1. The third-order valence-electron chi connectivity index (χ3n) is 3.19. The van der Waals surface area contributed by atoms with Crippen LogP contribution in [0.1, 0.15) is 28.8 Å². The maximum absolute atomic E-state index is 11.9. The molecule has 0 saturated heterocycles. The minimum absolute atomic E-state index is 0.00975. The molecule has 1 unspecified atom stereocenters. The van der Waals surface area contributed by atoms with Gasteiger partial charge in [0.15, 0.2) is 5.76 Å². The maximum atomic E-state index is 11.9. The lowest BCUT2D eigenvalue weighted by atomic mass is 10.2. The number of rotatable bonds is 7. The number of aliphatic hydroxyl groups excluding tert-OH is 1. The molecule has 6 heteroatoms. The Hall–Kier alpha value is -2.78. The van der Waals surface area contributed by atoms with Crippen molar-refractivity contribution in [3.05, 3.63) is 53.5 Å². The molecule has 0 radical (unpaired) electrons. The topological polar surface area (TPSA) is 95.5 Å². The van der Waals surface area contributed by atoms with E-state index in [1.54, 1.807) is 36.4 Å². The number of nitrogens with zero attached hydrogens (tertiary/aromatic N) is 1. The standard InChI is InChI=1S/C17H18N2O4/c1-12(10-20)9-19-17(21)16-7-6-14(23-16)11-22-15-5-3-2-4-13(15)8-18/h2-7,12,20H,9-11H2,1H3,(H,19,21). The molecule has 2 N–H and O–H groups in total. The van der Waals surface area contributed by atoms with Gasteiger partial charge in [-0.3, -0.25) is 4.79 Å². The van der Waals surface area contributed by atoms with Gasteiger partial charge in [0.05, 0.1) is 5.56 Å². The molecule has 0 bridgehead atoms. The van der Waals surface area contributed by atoms with Crippen molar-refractivity contribution in [2.75, 3.05) is 13.2 Å². The number of aliphatic hydroxyl groups is 1. The van der Waals surface area contributed by atoms with Crippen LogP contribution < -0.4 is 10.1 Å². The molecule has 2 rings (SSSR count). The summed E-state index contributed by atoms with van der Waals surface area (Å²) in [7, 11) is 0. The lowest BCUT2D eigenvalue weighted by molar-refractivity contribution is 0.0910. The number of hydrogen-bond acceptors (Lipinski definition) is 5. The SMILES string of the molecule is CC(CO)CNC(=O)c1ccc(COc2ccccc2C#N)o1. The van der Waals surface area contributed by atoms with Crippen LogP contribution in [0.3, 0.4) is 0 Å². The smallest absolute Gasteiger partial charge is 0.287 e. The van der Waals surface area contributed by atoms with Gasteiger partial charge in [-0.05, 0) is 30.2 Å². The Morgan fingerprint density at radius 3 is 2.91 bits per heavy atom. The van der Waals surface area contributed by atoms with Gasteiger partial charge in [0.2, 0.25) is 0 Å². The van der Waals surface area contributed by atoms with E-state index in [0.717, 1.165) is 0 Å². The fourth-order valence-corrected chi connectivity index (χ4v) is 1.83. The lowest BCUT2D eigenvalue weighted by Crippen LogP contribution is -2.29. The number of nitrogens with one attached hydrogen (secondary N) is 1. The van der Waals surface area contributed by atoms with Gasteiger partial charge < -0.3 is 19.6 Å². The third-order valence-corrected chi connectivity index (χ3v) is 3.19. The number of benzene rings is 1. The first-order valence-electron chi connectivity index (χ1n) is 7.23. The molecule has 1 aromatic heterocycles. The summed E-state index contributed by atoms with van der Waals surface area (Å²) in [5.74, 6) is 0.780. The number of carbonyl (C=O) groups is 1. The van der Waals surface area contributed by atoms with Crippen molar-refractivity contribution < 1.29 is 19.1 Å². The molecule has 0 aliphatic carbocycles. The first-order valence-corrected chi connectivity index (χ1v) is 7.23. The van der Waals surface area contributed by atoms with E-state index in [1.165, 1.54) is 0 Å². The second kappa shape index (κ2) is 8.01. The Labute approximate surface area is 134 Å². The van der Waals surface area contributed by atoms with Gasteiger partial charge in [-0.15, -0.1) is 0 Å². The molecule has 1 amide bonds. The Kier molecular flexibility index (Phi) is 5.78. The van der Waals surface area contributed by atoms with E-state index in [-0.39, 0.29) is 30.8 Å². The number of nitriles is 1. The molecular formula is C17H18N2O4. The van der Waals surface area contributed by atoms with Crippen molar-refractivity contribution in [3.63, 3.8) is 0 Å². The summed E-state index contributed by atoms with van der Waals surface area (Å²) < 4.78 is 11.0. The first kappa shape index (κ1) is 16.6. The van der Waals surface area contributed by atoms with Crippen molar-refractivity contribution >= 4 is 5.91 Å². The Morgan fingerprint density at radius 1 is 1.39 bits per heavy atom. The molecule has 0 saturated carbocycles. The van der Waals surface area contributed by atoms with Crippen molar-refractivity contribution in [2.45, 2.75) is 13.5 Å². The van der Waals surface area contributed by atoms with E-state index in [9.17, 15) is 4.79 Å². The highest BCUT2D eigenvalue weighted by atomic mass is 16.5. The van der Waals surface area contributed by atoms with Gasteiger partial charge in [-0.25, -0.2) is 0 Å². The van der Waals surface area contributed by atoms with Gasteiger partial charge in [-0.2, -0.15) is 5.26 Å². The molecule has 0 aliphatic heterocycles. The van der Waals surface area contributed by atoms with Crippen molar-refractivity contribution in [3.8, 4) is 11.8 Å². The molecule has 1 heterocycles. The Morgan fingerprint density at radius 2 is 2.17 bits per heavy atom. The fourth-order valence-electron chi connectivity index (χ4n) is 1.83. The van der Waals surface area contributed by atoms with Gasteiger partial charge >= 0.3 is 0 Å². The average Bonchev–Trinajstić information content (AvgIpc) is 3.06. The zero-order chi connectivity index (χ0) is 16.7. The molecule has 23 heavy (non-hydrogen) atoms. The van der Waals surface area contributed by atoms with E-state index >= 15 is 0 Å². The predicted molar refractivity (Wildman–Crippen MR) is 82.8 cm³/mol. The highest BCUT2D eigenvalue weighted by Gasteiger charge is 2.12. The van der Waals surface area contributed by atoms with E-state index < -0.39 is 0 Å². The maximum Gasteiger partial charge on any atom is 0.287 e. The largest absolute Gasteiger partial charge is 0.484 e. The molecule has 120 valence electrons. The minimum atomic E-state index is -0.339. The third kappa shape index (κ3) is 4.59.